The fourth-order valence-corrected chi connectivity index (χ4v) is 4.42. The SMILES string of the molecule is C[C@]1(c2ccc3c(c2)OCO3)NC(=O)N(CN2Cc3ccccc3C[C@H]2C(N)=O)C1=O. The molecule has 2 aromatic carbocycles. The zero-order valence-electron chi connectivity index (χ0n) is 17.0. The van der Waals surface area contributed by atoms with Gasteiger partial charge in [-0.2, -0.15) is 0 Å². The van der Waals surface area contributed by atoms with Crippen molar-refractivity contribution in [3.8, 4) is 11.5 Å². The molecule has 0 spiro atoms. The van der Waals surface area contributed by atoms with Crippen molar-refractivity contribution in [2.75, 3.05) is 13.5 Å². The summed E-state index contributed by atoms with van der Waals surface area (Å²) in [5.41, 5.74) is 7.07. The molecule has 9 heteroatoms. The van der Waals surface area contributed by atoms with Crippen molar-refractivity contribution in [1.82, 2.24) is 15.1 Å². The number of nitrogens with zero attached hydrogens (tertiary/aromatic N) is 2. The van der Waals surface area contributed by atoms with Crippen molar-refractivity contribution in [2.45, 2.75) is 31.5 Å². The minimum Gasteiger partial charge on any atom is -0.454 e. The Morgan fingerprint density at radius 3 is 2.68 bits per heavy atom. The fourth-order valence-electron chi connectivity index (χ4n) is 4.42. The standard InChI is InChI=1S/C22H22N4O5/c1-22(15-6-7-17-18(9-15)31-12-30-17)20(28)26(21(29)24-22)11-25-10-14-5-3-2-4-13(14)8-16(25)19(23)27/h2-7,9,16H,8,10-12H2,1H3,(H2,23,27)(H,24,29)/t16-,22+/m0/s1. The van der Waals surface area contributed by atoms with E-state index in [0.717, 1.165) is 16.0 Å². The smallest absolute Gasteiger partial charge is 0.326 e. The number of amides is 4. The van der Waals surface area contributed by atoms with E-state index < -0.39 is 29.4 Å². The molecule has 3 aliphatic rings. The Morgan fingerprint density at radius 1 is 1.16 bits per heavy atom. The number of hydrogen-bond acceptors (Lipinski definition) is 6. The van der Waals surface area contributed by atoms with E-state index >= 15 is 0 Å². The third kappa shape index (κ3) is 3.09. The number of fused-ring (bicyclic) bond motifs is 2. The number of carbonyl (C=O) groups is 3. The summed E-state index contributed by atoms with van der Waals surface area (Å²) in [5.74, 6) is 0.233. The number of imide groups is 1. The van der Waals surface area contributed by atoms with E-state index in [0.29, 0.717) is 30.0 Å². The molecule has 3 N–H and O–H groups in total. The van der Waals surface area contributed by atoms with Crippen LogP contribution in [0.4, 0.5) is 4.79 Å². The van der Waals surface area contributed by atoms with E-state index in [1.165, 1.54) is 0 Å². The molecule has 3 heterocycles. The van der Waals surface area contributed by atoms with Gasteiger partial charge in [0.1, 0.15) is 5.54 Å². The average Bonchev–Trinajstić information content (AvgIpc) is 3.31. The van der Waals surface area contributed by atoms with Gasteiger partial charge in [0.05, 0.1) is 12.7 Å². The highest BCUT2D eigenvalue weighted by Crippen LogP contribution is 2.38. The maximum atomic E-state index is 13.4. The van der Waals surface area contributed by atoms with E-state index in [-0.39, 0.29) is 13.5 Å². The molecular weight excluding hydrogens is 400 g/mol. The lowest BCUT2D eigenvalue weighted by molar-refractivity contribution is -0.135. The number of urea groups is 1. The first-order valence-corrected chi connectivity index (χ1v) is 10.0. The first kappa shape index (κ1) is 19.4. The van der Waals surface area contributed by atoms with Gasteiger partial charge in [-0.15, -0.1) is 0 Å². The topological polar surface area (TPSA) is 114 Å². The first-order chi connectivity index (χ1) is 14.9. The van der Waals surface area contributed by atoms with Gasteiger partial charge in [0.15, 0.2) is 11.5 Å². The van der Waals surface area contributed by atoms with E-state index in [1.54, 1.807) is 30.0 Å². The molecule has 5 rings (SSSR count). The molecule has 0 aliphatic carbocycles. The molecule has 0 unspecified atom stereocenters. The Kier molecular flexibility index (Phi) is 4.37. The summed E-state index contributed by atoms with van der Waals surface area (Å²) in [6.07, 6.45) is 0.439. The normalized spacial score (nSPS) is 24.8. The van der Waals surface area contributed by atoms with Gasteiger partial charge in [-0.05, 0) is 42.2 Å². The highest BCUT2D eigenvalue weighted by molar-refractivity contribution is 6.07. The molecule has 160 valence electrons. The van der Waals surface area contributed by atoms with Gasteiger partial charge in [-0.25, -0.2) is 9.69 Å². The van der Waals surface area contributed by atoms with Gasteiger partial charge >= 0.3 is 6.03 Å². The average molecular weight is 422 g/mol. The maximum absolute atomic E-state index is 13.4. The number of hydrogen-bond donors (Lipinski definition) is 2. The molecule has 2 aromatic rings. The summed E-state index contributed by atoms with van der Waals surface area (Å²) in [5, 5.41) is 2.79. The van der Waals surface area contributed by atoms with Crippen LogP contribution in [0, 0.1) is 0 Å². The van der Waals surface area contributed by atoms with Crippen molar-refractivity contribution < 1.29 is 23.9 Å². The van der Waals surface area contributed by atoms with Crippen LogP contribution < -0.4 is 20.5 Å². The number of ether oxygens (including phenoxy) is 2. The zero-order valence-corrected chi connectivity index (χ0v) is 17.0. The summed E-state index contributed by atoms with van der Waals surface area (Å²) >= 11 is 0. The van der Waals surface area contributed by atoms with E-state index in [2.05, 4.69) is 5.32 Å². The number of primary amides is 1. The van der Waals surface area contributed by atoms with Gasteiger partial charge in [0.2, 0.25) is 12.7 Å². The second-order valence-electron chi connectivity index (χ2n) is 8.14. The van der Waals surface area contributed by atoms with Crippen LogP contribution in [0.2, 0.25) is 0 Å². The van der Waals surface area contributed by atoms with Crippen molar-refractivity contribution in [1.29, 1.82) is 0 Å². The monoisotopic (exact) mass is 422 g/mol. The summed E-state index contributed by atoms with van der Waals surface area (Å²) in [7, 11) is 0. The molecule has 1 fully saturated rings. The largest absolute Gasteiger partial charge is 0.454 e. The predicted octanol–water partition coefficient (Wildman–Crippen LogP) is 1.05. The molecule has 2 atom stereocenters. The molecule has 0 saturated carbocycles. The van der Waals surface area contributed by atoms with Gasteiger partial charge in [0, 0.05) is 6.54 Å². The van der Waals surface area contributed by atoms with Crippen LogP contribution in [-0.2, 0) is 28.1 Å². The van der Waals surface area contributed by atoms with Crippen LogP contribution in [0.3, 0.4) is 0 Å². The maximum Gasteiger partial charge on any atom is 0.326 e. The third-order valence-electron chi connectivity index (χ3n) is 6.22. The molecular formula is C22H22N4O5. The van der Waals surface area contributed by atoms with E-state index in [1.807, 2.05) is 24.3 Å². The summed E-state index contributed by atoms with van der Waals surface area (Å²) in [6.45, 7) is 2.16. The van der Waals surface area contributed by atoms with Gasteiger partial charge < -0.3 is 20.5 Å². The summed E-state index contributed by atoms with van der Waals surface area (Å²) < 4.78 is 10.7. The van der Waals surface area contributed by atoms with Crippen molar-refractivity contribution in [2.24, 2.45) is 5.73 Å². The molecule has 4 amide bonds. The molecule has 0 radical (unpaired) electrons. The van der Waals surface area contributed by atoms with Crippen LogP contribution >= 0.6 is 0 Å². The van der Waals surface area contributed by atoms with E-state index in [9.17, 15) is 14.4 Å². The first-order valence-electron chi connectivity index (χ1n) is 10.0. The molecule has 31 heavy (non-hydrogen) atoms. The quantitative estimate of drug-likeness (QED) is 0.712. The second kappa shape index (κ2) is 6.98. The zero-order chi connectivity index (χ0) is 21.8. The van der Waals surface area contributed by atoms with Gasteiger partial charge in [-0.3, -0.25) is 14.5 Å². The minimum absolute atomic E-state index is 0.0350. The van der Waals surface area contributed by atoms with Gasteiger partial charge in [0.25, 0.3) is 5.91 Å². The number of rotatable bonds is 4. The molecule has 0 bridgehead atoms. The predicted molar refractivity (Wildman–Crippen MR) is 109 cm³/mol. The lowest BCUT2D eigenvalue weighted by atomic mass is 9.91. The summed E-state index contributed by atoms with van der Waals surface area (Å²) in [4.78, 5) is 41.2. The van der Waals surface area contributed by atoms with Crippen LogP contribution in [0.15, 0.2) is 42.5 Å². The number of carbonyl (C=O) groups excluding carboxylic acids is 3. The van der Waals surface area contributed by atoms with Crippen molar-refractivity contribution in [3.63, 3.8) is 0 Å². The van der Waals surface area contributed by atoms with Gasteiger partial charge in [-0.1, -0.05) is 30.3 Å². The Morgan fingerprint density at radius 2 is 1.90 bits per heavy atom. The van der Waals surface area contributed by atoms with E-state index in [4.69, 9.17) is 15.2 Å². The van der Waals surface area contributed by atoms with Crippen LogP contribution in [0.25, 0.3) is 0 Å². The number of nitrogens with one attached hydrogen (secondary N) is 1. The fraction of sp³-hybridized carbons (Fsp3) is 0.318. The summed E-state index contributed by atoms with van der Waals surface area (Å²) in [6, 6.07) is 11.8. The van der Waals surface area contributed by atoms with Crippen LogP contribution in [-0.4, -0.2) is 47.1 Å². The minimum atomic E-state index is -1.26. The van der Waals surface area contributed by atoms with Crippen LogP contribution in [0.5, 0.6) is 11.5 Å². The highest BCUT2D eigenvalue weighted by atomic mass is 16.7. The Hall–Kier alpha value is -3.59. The van der Waals surface area contributed by atoms with Crippen molar-refractivity contribution in [3.05, 3.63) is 59.2 Å². The van der Waals surface area contributed by atoms with Crippen LogP contribution in [0.1, 0.15) is 23.6 Å². The number of benzene rings is 2. The molecule has 1 saturated heterocycles. The number of nitrogens with two attached hydrogens (primary N) is 1. The molecule has 0 aromatic heterocycles. The molecule has 3 aliphatic heterocycles. The third-order valence-corrected chi connectivity index (χ3v) is 6.22. The second-order valence-corrected chi connectivity index (χ2v) is 8.14. The highest BCUT2D eigenvalue weighted by Gasteiger charge is 2.50. The Balaban J connectivity index is 1.41. The molecule has 9 nitrogen and oxygen atoms in total. The Labute approximate surface area is 178 Å². The Bertz CT molecular complexity index is 1100. The lowest BCUT2D eigenvalue weighted by Gasteiger charge is -2.36. The van der Waals surface area contributed by atoms with Crippen molar-refractivity contribution >= 4 is 17.8 Å². The lowest BCUT2D eigenvalue weighted by Crippen LogP contribution is -2.53.